The molecule has 0 saturated heterocycles. The maximum absolute atomic E-state index is 11.0. The number of anilines is 1. The van der Waals surface area contributed by atoms with Crippen LogP contribution < -0.4 is 5.32 Å². The highest BCUT2D eigenvalue weighted by molar-refractivity contribution is 5.57. The third kappa shape index (κ3) is 2.10. The molecule has 2 atom stereocenters. The Balaban J connectivity index is 1.94. The smallest absolute Gasteiger partial charge is 0.311 e. The van der Waals surface area contributed by atoms with Crippen LogP contribution in [0.15, 0.2) is 42.6 Å². The molecule has 3 rings (SSSR count). The van der Waals surface area contributed by atoms with Gasteiger partial charge in [0.2, 0.25) is 5.82 Å². The molecule has 6 heteroatoms. The summed E-state index contributed by atoms with van der Waals surface area (Å²) in [6.07, 6.45) is 1.41. The van der Waals surface area contributed by atoms with E-state index in [9.17, 15) is 15.2 Å². The predicted molar refractivity (Wildman–Crippen MR) is 73.4 cm³/mol. The molecule has 0 bridgehead atoms. The number of hydrogen-bond donors (Lipinski definition) is 2. The van der Waals surface area contributed by atoms with E-state index >= 15 is 0 Å². The number of nitro groups is 1. The summed E-state index contributed by atoms with van der Waals surface area (Å²) < 4.78 is 0. The van der Waals surface area contributed by atoms with Gasteiger partial charge in [-0.05, 0) is 17.2 Å². The molecule has 1 aromatic heterocycles. The monoisotopic (exact) mass is 271 g/mol. The Hall–Kier alpha value is -2.47. The minimum Gasteiger partial charge on any atom is -0.390 e. The maximum Gasteiger partial charge on any atom is 0.311 e. The molecule has 0 radical (unpaired) electrons. The van der Waals surface area contributed by atoms with Crippen LogP contribution in [0, 0.1) is 10.1 Å². The van der Waals surface area contributed by atoms with Gasteiger partial charge in [0.25, 0.3) is 0 Å². The molecule has 0 fully saturated rings. The summed E-state index contributed by atoms with van der Waals surface area (Å²) in [5.74, 6) is 0.179. The minimum atomic E-state index is -0.617. The first-order chi connectivity index (χ1) is 9.66. The fourth-order valence-corrected chi connectivity index (χ4v) is 2.55. The molecule has 1 aliphatic carbocycles. The van der Waals surface area contributed by atoms with Gasteiger partial charge in [0.1, 0.15) is 0 Å². The van der Waals surface area contributed by atoms with Crippen LogP contribution in [-0.4, -0.2) is 21.1 Å². The second-order valence-corrected chi connectivity index (χ2v) is 4.72. The second kappa shape index (κ2) is 4.90. The largest absolute Gasteiger partial charge is 0.390 e. The molecule has 6 nitrogen and oxygen atoms in total. The van der Waals surface area contributed by atoms with Gasteiger partial charge in [0, 0.05) is 18.7 Å². The highest BCUT2D eigenvalue weighted by Gasteiger charge is 2.32. The van der Waals surface area contributed by atoms with E-state index in [2.05, 4.69) is 10.3 Å². The quantitative estimate of drug-likeness (QED) is 0.659. The van der Waals surface area contributed by atoms with E-state index in [1.54, 1.807) is 0 Å². The van der Waals surface area contributed by atoms with Gasteiger partial charge in [-0.15, -0.1) is 0 Å². The van der Waals surface area contributed by atoms with Crippen molar-refractivity contribution < 1.29 is 10.0 Å². The van der Waals surface area contributed by atoms with Crippen molar-refractivity contribution in [1.82, 2.24) is 4.98 Å². The molecular formula is C14H13N3O3. The van der Waals surface area contributed by atoms with Crippen molar-refractivity contribution in [2.75, 3.05) is 5.32 Å². The summed E-state index contributed by atoms with van der Waals surface area (Å²) in [6.45, 7) is 0. The highest BCUT2D eigenvalue weighted by atomic mass is 16.6. The molecule has 2 aromatic rings. The van der Waals surface area contributed by atoms with Gasteiger partial charge in [-0.25, -0.2) is 4.98 Å². The maximum atomic E-state index is 11.0. The van der Waals surface area contributed by atoms with E-state index < -0.39 is 11.0 Å². The van der Waals surface area contributed by atoms with Gasteiger partial charge in [0.15, 0.2) is 0 Å². The number of hydrogen-bond acceptors (Lipinski definition) is 5. The minimum absolute atomic E-state index is 0.0934. The van der Waals surface area contributed by atoms with Crippen LogP contribution in [0.2, 0.25) is 0 Å². The molecule has 1 aliphatic rings. The van der Waals surface area contributed by atoms with E-state index in [-0.39, 0.29) is 17.5 Å². The van der Waals surface area contributed by atoms with Crippen LogP contribution in [0.1, 0.15) is 17.2 Å². The third-order valence-corrected chi connectivity index (χ3v) is 3.48. The standard InChI is InChI=1S/C14H13N3O3/c18-12-8-9-4-1-2-5-10(9)13(12)16-14-11(17(19)20)6-3-7-15-14/h1-7,12-13,18H,8H2,(H,15,16)/t12-,13+/m0/s1. The summed E-state index contributed by atoms with van der Waals surface area (Å²) in [5.41, 5.74) is 1.92. The molecular weight excluding hydrogens is 258 g/mol. The van der Waals surface area contributed by atoms with Crippen LogP contribution in [0.5, 0.6) is 0 Å². The second-order valence-electron chi connectivity index (χ2n) is 4.72. The molecule has 0 spiro atoms. The van der Waals surface area contributed by atoms with Crippen molar-refractivity contribution in [2.45, 2.75) is 18.6 Å². The van der Waals surface area contributed by atoms with Gasteiger partial charge in [0.05, 0.1) is 17.1 Å². The Labute approximate surface area is 115 Å². The Bertz CT molecular complexity index is 660. The van der Waals surface area contributed by atoms with Gasteiger partial charge in [-0.3, -0.25) is 10.1 Å². The van der Waals surface area contributed by atoms with Gasteiger partial charge >= 0.3 is 5.69 Å². The first kappa shape index (κ1) is 12.6. The fourth-order valence-electron chi connectivity index (χ4n) is 2.55. The number of rotatable bonds is 3. The number of aromatic nitrogens is 1. The summed E-state index contributed by atoms with van der Waals surface area (Å²) in [5, 5.41) is 24.1. The Morgan fingerprint density at radius 1 is 1.30 bits per heavy atom. The van der Waals surface area contributed by atoms with Crippen molar-refractivity contribution in [1.29, 1.82) is 0 Å². The van der Waals surface area contributed by atoms with Gasteiger partial charge in [-0.1, -0.05) is 24.3 Å². The lowest BCUT2D eigenvalue weighted by Gasteiger charge is -2.18. The van der Waals surface area contributed by atoms with Crippen LogP contribution in [0.3, 0.4) is 0 Å². The van der Waals surface area contributed by atoms with E-state index in [1.807, 2.05) is 24.3 Å². The Morgan fingerprint density at radius 3 is 2.90 bits per heavy atom. The first-order valence-electron chi connectivity index (χ1n) is 6.28. The summed E-state index contributed by atoms with van der Waals surface area (Å²) in [6, 6.07) is 10.2. The number of aliphatic hydroxyl groups is 1. The summed E-state index contributed by atoms with van der Waals surface area (Å²) >= 11 is 0. The fraction of sp³-hybridized carbons (Fsp3) is 0.214. The third-order valence-electron chi connectivity index (χ3n) is 3.48. The van der Waals surface area contributed by atoms with Crippen molar-refractivity contribution in [3.8, 4) is 0 Å². The van der Waals surface area contributed by atoms with Crippen molar-refractivity contribution in [3.05, 3.63) is 63.8 Å². The van der Waals surface area contributed by atoms with E-state index in [0.717, 1.165) is 11.1 Å². The summed E-state index contributed by atoms with van der Waals surface area (Å²) in [7, 11) is 0. The number of fused-ring (bicyclic) bond motifs is 1. The molecule has 1 heterocycles. The van der Waals surface area contributed by atoms with Crippen molar-refractivity contribution in [2.24, 2.45) is 0 Å². The number of nitrogens with zero attached hydrogens (tertiary/aromatic N) is 2. The summed E-state index contributed by atoms with van der Waals surface area (Å²) in [4.78, 5) is 14.5. The zero-order chi connectivity index (χ0) is 14.1. The zero-order valence-corrected chi connectivity index (χ0v) is 10.6. The molecule has 2 N–H and O–H groups in total. The lowest BCUT2D eigenvalue weighted by atomic mass is 10.1. The van der Waals surface area contributed by atoms with Crippen molar-refractivity contribution in [3.63, 3.8) is 0 Å². The van der Waals surface area contributed by atoms with E-state index in [4.69, 9.17) is 0 Å². The zero-order valence-electron chi connectivity index (χ0n) is 10.6. The van der Waals surface area contributed by atoms with Crippen LogP contribution in [0.4, 0.5) is 11.5 Å². The van der Waals surface area contributed by atoms with E-state index in [0.29, 0.717) is 6.42 Å². The Morgan fingerprint density at radius 2 is 2.10 bits per heavy atom. The predicted octanol–water partition coefficient (Wildman–Crippen LogP) is 2.06. The first-order valence-corrected chi connectivity index (χ1v) is 6.28. The molecule has 20 heavy (non-hydrogen) atoms. The number of pyridine rings is 1. The number of benzene rings is 1. The van der Waals surface area contributed by atoms with E-state index in [1.165, 1.54) is 18.3 Å². The van der Waals surface area contributed by atoms with Gasteiger partial charge < -0.3 is 10.4 Å². The van der Waals surface area contributed by atoms with Crippen LogP contribution >= 0.6 is 0 Å². The molecule has 0 amide bonds. The molecule has 0 aliphatic heterocycles. The number of nitrogens with one attached hydrogen (secondary N) is 1. The van der Waals surface area contributed by atoms with Gasteiger partial charge in [-0.2, -0.15) is 0 Å². The lowest BCUT2D eigenvalue weighted by Crippen LogP contribution is -2.22. The van der Waals surface area contributed by atoms with Crippen LogP contribution in [0.25, 0.3) is 0 Å². The molecule has 1 aromatic carbocycles. The molecule has 0 saturated carbocycles. The topological polar surface area (TPSA) is 88.3 Å². The molecule has 0 unspecified atom stereocenters. The Kier molecular flexibility index (Phi) is 3.08. The SMILES string of the molecule is O=[N+]([O-])c1cccnc1N[C@@H]1c2ccccc2C[C@@H]1O. The highest BCUT2D eigenvalue weighted by Crippen LogP contribution is 2.35. The number of aliphatic hydroxyl groups excluding tert-OH is 1. The average Bonchev–Trinajstić information content (AvgIpc) is 2.76. The van der Waals surface area contributed by atoms with Crippen molar-refractivity contribution >= 4 is 11.5 Å². The van der Waals surface area contributed by atoms with Crippen LogP contribution in [-0.2, 0) is 6.42 Å². The lowest BCUT2D eigenvalue weighted by molar-refractivity contribution is -0.384. The average molecular weight is 271 g/mol. The normalized spacial score (nSPS) is 20.4. The molecule has 102 valence electrons.